The molecule has 1 unspecified atom stereocenters. The van der Waals surface area contributed by atoms with E-state index in [1.165, 1.54) is 64.2 Å². The second kappa shape index (κ2) is 14.6. The molecular weight excluding hydrogens is 292 g/mol. The molecule has 22 heavy (non-hydrogen) atoms. The molecule has 2 nitrogen and oxygen atoms in total. The van der Waals surface area contributed by atoms with Crippen molar-refractivity contribution in [2.24, 2.45) is 0 Å². The molecule has 0 spiro atoms. The van der Waals surface area contributed by atoms with Gasteiger partial charge in [0.1, 0.15) is 0 Å². The molecule has 1 atom stereocenters. The standard InChI is InChI=1S/C19H34O2S/c1-2-16-22-19(17-20)14-10-5-3-4-6-11-15-21-18-12-8-7-9-13-18/h7,18-19H,2-6,8-16H2,1H3. The third-order valence-electron chi connectivity index (χ3n) is 4.25. The lowest BCUT2D eigenvalue weighted by atomic mass is 9.98. The van der Waals surface area contributed by atoms with Crippen molar-refractivity contribution in [2.45, 2.75) is 95.3 Å². The summed E-state index contributed by atoms with van der Waals surface area (Å²) in [6.45, 7) is 3.10. The first kappa shape index (κ1) is 20.0. The Hall–Kier alpha value is -0.0200. The summed E-state index contributed by atoms with van der Waals surface area (Å²) < 4.78 is 5.93. The van der Waals surface area contributed by atoms with Crippen molar-refractivity contribution >= 4 is 18.0 Å². The van der Waals surface area contributed by atoms with Crippen molar-refractivity contribution in [3.8, 4) is 0 Å². The maximum Gasteiger partial charge on any atom is 0.212 e. The molecule has 128 valence electrons. The second-order valence-electron chi connectivity index (χ2n) is 6.32. The SMILES string of the molecule is CCCSC([C]=O)CCCCCCCCOC1CC[CH]CC1. The molecule has 0 aromatic heterocycles. The van der Waals surface area contributed by atoms with Crippen LogP contribution in [0.15, 0.2) is 0 Å². The summed E-state index contributed by atoms with van der Waals surface area (Å²) >= 11 is 1.77. The highest BCUT2D eigenvalue weighted by Crippen LogP contribution is 2.20. The molecule has 3 heteroatoms. The Morgan fingerprint density at radius 3 is 2.50 bits per heavy atom. The van der Waals surface area contributed by atoms with Crippen molar-refractivity contribution in [2.75, 3.05) is 12.4 Å². The van der Waals surface area contributed by atoms with E-state index in [0.717, 1.165) is 25.2 Å². The van der Waals surface area contributed by atoms with E-state index in [0.29, 0.717) is 6.10 Å². The van der Waals surface area contributed by atoms with Gasteiger partial charge in [0.05, 0.1) is 11.4 Å². The topological polar surface area (TPSA) is 26.3 Å². The van der Waals surface area contributed by atoms with Crippen molar-refractivity contribution < 1.29 is 9.53 Å². The minimum Gasteiger partial charge on any atom is -0.378 e. The van der Waals surface area contributed by atoms with Crippen LogP contribution >= 0.6 is 11.8 Å². The Balaban J connectivity index is 1.81. The van der Waals surface area contributed by atoms with Crippen LogP contribution < -0.4 is 0 Å². The smallest absolute Gasteiger partial charge is 0.212 e. The number of hydrogen-bond acceptors (Lipinski definition) is 3. The van der Waals surface area contributed by atoms with Gasteiger partial charge in [-0.05, 0) is 57.1 Å². The molecule has 0 amide bonds. The number of carbonyl (C=O) groups excluding carboxylic acids is 1. The summed E-state index contributed by atoms with van der Waals surface area (Å²) in [6, 6.07) is 0. The Labute approximate surface area is 142 Å². The highest BCUT2D eigenvalue weighted by Gasteiger charge is 2.13. The van der Waals surface area contributed by atoms with Crippen LogP contribution in [0.4, 0.5) is 0 Å². The van der Waals surface area contributed by atoms with Gasteiger partial charge < -0.3 is 4.74 Å². The van der Waals surface area contributed by atoms with E-state index in [1.807, 2.05) is 0 Å². The maximum atomic E-state index is 10.8. The summed E-state index contributed by atoms with van der Waals surface area (Å²) in [5, 5.41) is 0.112. The third kappa shape index (κ3) is 10.7. The Bertz CT molecular complexity index is 252. The van der Waals surface area contributed by atoms with Gasteiger partial charge in [0.15, 0.2) is 0 Å². The summed E-state index contributed by atoms with van der Waals surface area (Å²) in [4.78, 5) is 10.8. The first-order valence-electron chi connectivity index (χ1n) is 9.29. The van der Waals surface area contributed by atoms with E-state index in [4.69, 9.17) is 4.74 Å². The van der Waals surface area contributed by atoms with Crippen LogP contribution in [0.25, 0.3) is 0 Å². The zero-order valence-electron chi connectivity index (χ0n) is 14.4. The highest BCUT2D eigenvalue weighted by atomic mass is 32.2. The highest BCUT2D eigenvalue weighted by molar-refractivity contribution is 8.00. The molecule has 2 radical (unpaired) electrons. The van der Waals surface area contributed by atoms with Crippen molar-refractivity contribution in [1.82, 2.24) is 0 Å². The molecule has 0 heterocycles. The zero-order valence-corrected chi connectivity index (χ0v) is 15.2. The van der Waals surface area contributed by atoms with E-state index < -0.39 is 0 Å². The van der Waals surface area contributed by atoms with Gasteiger partial charge in [0.25, 0.3) is 0 Å². The molecule has 1 rings (SSSR count). The Morgan fingerprint density at radius 1 is 1.14 bits per heavy atom. The normalized spacial score (nSPS) is 17.5. The fourth-order valence-corrected chi connectivity index (χ4v) is 3.81. The molecular formula is C19H34O2S. The molecule has 1 aliphatic rings. The van der Waals surface area contributed by atoms with Gasteiger partial charge in [-0.3, -0.25) is 4.79 Å². The molecule has 0 saturated heterocycles. The fraction of sp³-hybridized carbons (Fsp3) is 0.895. The largest absolute Gasteiger partial charge is 0.378 e. The van der Waals surface area contributed by atoms with E-state index in [9.17, 15) is 4.79 Å². The van der Waals surface area contributed by atoms with Crippen LogP contribution in [0, 0.1) is 6.42 Å². The minimum absolute atomic E-state index is 0.112. The monoisotopic (exact) mass is 326 g/mol. The molecule has 1 fully saturated rings. The number of thioether (sulfide) groups is 1. The van der Waals surface area contributed by atoms with E-state index in [1.54, 1.807) is 11.8 Å². The van der Waals surface area contributed by atoms with Crippen LogP contribution in [0.5, 0.6) is 0 Å². The summed E-state index contributed by atoms with van der Waals surface area (Å²) in [5.41, 5.74) is 0. The lowest BCUT2D eigenvalue weighted by molar-refractivity contribution is 0.0326. The van der Waals surface area contributed by atoms with Gasteiger partial charge in [-0.25, -0.2) is 0 Å². The van der Waals surface area contributed by atoms with Gasteiger partial charge in [-0.1, -0.05) is 39.0 Å². The zero-order chi connectivity index (χ0) is 15.9. The average Bonchev–Trinajstić information content (AvgIpc) is 2.57. The van der Waals surface area contributed by atoms with Crippen LogP contribution in [0.1, 0.15) is 84.0 Å². The maximum absolute atomic E-state index is 10.8. The van der Waals surface area contributed by atoms with E-state index in [2.05, 4.69) is 19.6 Å². The number of ether oxygens (including phenoxy) is 1. The summed E-state index contributed by atoms with van der Waals surface area (Å²) in [5.74, 6) is 1.08. The molecule has 0 bridgehead atoms. The number of unbranched alkanes of at least 4 members (excludes halogenated alkanes) is 5. The summed E-state index contributed by atoms with van der Waals surface area (Å²) in [6.07, 6.45) is 19.7. The molecule has 1 saturated carbocycles. The number of hydrogen-bond donors (Lipinski definition) is 0. The minimum atomic E-state index is 0.112. The predicted octanol–water partition coefficient (Wildman–Crippen LogP) is 5.50. The van der Waals surface area contributed by atoms with E-state index in [-0.39, 0.29) is 5.25 Å². The quantitative estimate of drug-likeness (QED) is 0.394. The molecule has 0 aromatic carbocycles. The van der Waals surface area contributed by atoms with Crippen molar-refractivity contribution in [3.63, 3.8) is 0 Å². The van der Waals surface area contributed by atoms with Crippen LogP contribution in [0.2, 0.25) is 0 Å². The van der Waals surface area contributed by atoms with Crippen LogP contribution in [-0.2, 0) is 9.53 Å². The van der Waals surface area contributed by atoms with Gasteiger partial charge in [-0.2, -0.15) is 11.8 Å². The lowest BCUT2D eigenvalue weighted by Gasteiger charge is -2.21. The Kier molecular flexibility index (Phi) is 13.3. The number of rotatable bonds is 14. The van der Waals surface area contributed by atoms with Gasteiger partial charge in [0, 0.05) is 6.61 Å². The first-order chi connectivity index (χ1) is 10.9. The molecule has 0 aliphatic heterocycles. The third-order valence-corrected chi connectivity index (χ3v) is 5.63. The van der Waals surface area contributed by atoms with Crippen LogP contribution in [0.3, 0.4) is 0 Å². The predicted molar refractivity (Wildman–Crippen MR) is 97.1 cm³/mol. The van der Waals surface area contributed by atoms with Crippen molar-refractivity contribution in [1.29, 1.82) is 0 Å². The van der Waals surface area contributed by atoms with E-state index >= 15 is 0 Å². The first-order valence-corrected chi connectivity index (χ1v) is 10.3. The van der Waals surface area contributed by atoms with Gasteiger partial charge in [0.2, 0.25) is 6.29 Å². The molecule has 0 N–H and O–H groups in total. The molecule has 0 aromatic rings. The molecule has 1 aliphatic carbocycles. The van der Waals surface area contributed by atoms with Crippen molar-refractivity contribution in [3.05, 3.63) is 6.42 Å². The average molecular weight is 327 g/mol. The van der Waals surface area contributed by atoms with Gasteiger partial charge >= 0.3 is 0 Å². The second-order valence-corrected chi connectivity index (χ2v) is 7.63. The van der Waals surface area contributed by atoms with Crippen LogP contribution in [-0.4, -0.2) is 30.0 Å². The fourth-order valence-electron chi connectivity index (χ4n) is 2.89. The lowest BCUT2D eigenvalue weighted by Crippen LogP contribution is -2.17. The Morgan fingerprint density at radius 2 is 1.82 bits per heavy atom. The summed E-state index contributed by atoms with van der Waals surface area (Å²) in [7, 11) is 0. The van der Waals surface area contributed by atoms with Gasteiger partial charge in [-0.15, -0.1) is 0 Å².